The third-order valence-electron chi connectivity index (χ3n) is 5.43. The minimum Gasteiger partial charge on any atom is -0.489 e. The van der Waals surface area contributed by atoms with Crippen LogP contribution in [0.2, 0.25) is 0 Å². The smallest absolute Gasteiger partial charge is 0.276 e. The fourth-order valence-corrected chi connectivity index (χ4v) is 5.49. The maximum atomic E-state index is 14.0. The molecular formula is C20H22FN3O4S. The summed E-state index contributed by atoms with van der Waals surface area (Å²) in [6.07, 6.45) is 2.48. The molecule has 3 heterocycles. The van der Waals surface area contributed by atoms with Crippen molar-refractivity contribution in [3.8, 4) is 5.75 Å². The van der Waals surface area contributed by atoms with Crippen LogP contribution in [-0.2, 0) is 10.0 Å². The lowest BCUT2D eigenvalue weighted by atomic mass is 10.0. The molecule has 2 aliphatic heterocycles. The van der Waals surface area contributed by atoms with Crippen LogP contribution in [0.25, 0.3) is 0 Å². The van der Waals surface area contributed by atoms with Gasteiger partial charge in [0, 0.05) is 25.3 Å². The number of rotatable bonds is 3. The number of fused-ring (bicyclic) bond motifs is 1. The molecule has 2 aromatic rings. The van der Waals surface area contributed by atoms with Gasteiger partial charge in [0.2, 0.25) is 10.0 Å². The lowest BCUT2D eigenvalue weighted by Gasteiger charge is -2.39. The highest BCUT2D eigenvalue weighted by Crippen LogP contribution is 2.29. The molecule has 1 aromatic carbocycles. The first-order valence-electron chi connectivity index (χ1n) is 9.54. The number of nitrogens with zero attached hydrogens (tertiary/aromatic N) is 3. The minimum absolute atomic E-state index is 0.138. The first-order valence-corrected chi connectivity index (χ1v) is 11.0. The summed E-state index contributed by atoms with van der Waals surface area (Å²) in [4.78, 5) is 18.7. The predicted octanol–water partition coefficient (Wildman–Crippen LogP) is 2.30. The van der Waals surface area contributed by atoms with E-state index in [0.717, 1.165) is 6.07 Å². The van der Waals surface area contributed by atoms with Crippen LogP contribution in [0.15, 0.2) is 47.5 Å². The van der Waals surface area contributed by atoms with Crippen LogP contribution in [0.3, 0.4) is 0 Å². The fraction of sp³-hybridized carbons (Fsp3) is 0.400. The minimum atomic E-state index is -3.91. The molecule has 0 radical (unpaired) electrons. The number of halogens is 1. The molecule has 1 atom stereocenters. The summed E-state index contributed by atoms with van der Waals surface area (Å²) in [7, 11) is -3.91. The van der Waals surface area contributed by atoms with Crippen LogP contribution in [0.4, 0.5) is 4.39 Å². The Labute approximate surface area is 169 Å². The van der Waals surface area contributed by atoms with Gasteiger partial charge in [0.25, 0.3) is 5.91 Å². The van der Waals surface area contributed by atoms with Gasteiger partial charge in [0.15, 0.2) is 11.4 Å². The number of benzene rings is 1. The molecule has 1 unspecified atom stereocenters. The Morgan fingerprint density at radius 2 is 1.86 bits per heavy atom. The molecular weight excluding hydrogens is 397 g/mol. The average Bonchev–Trinajstić information content (AvgIpc) is 2.85. The van der Waals surface area contributed by atoms with E-state index in [2.05, 4.69) is 4.98 Å². The molecule has 154 valence electrons. The van der Waals surface area contributed by atoms with Gasteiger partial charge in [-0.05, 0) is 44.0 Å². The van der Waals surface area contributed by atoms with Crippen molar-refractivity contribution >= 4 is 15.9 Å². The lowest BCUT2D eigenvalue weighted by Crippen LogP contribution is -2.52. The molecule has 4 rings (SSSR count). The fourth-order valence-electron chi connectivity index (χ4n) is 3.96. The van der Waals surface area contributed by atoms with E-state index in [1.54, 1.807) is 23.2 Å². The van der Waals surface area contributed by atoms with Crippen LogP contribution in [0, 0.1) is 5.82 Å². The number of sulfonamides is 1. The van der Waals surface area contributed by atoms with E-state index in [9.17, 15) is 17.6 Å². The molecule has 0 spiro atoms. The Bertz CT molecular complexity index is 1020. The van der Waals surface area contributed by atoms with Gasteiger partial charge in [-0.25, -0.2) is 17.8 Å². The predicted molar refractivity (Wildman–Crippen MR) is 104 cm³/mol. The van der Waals surface area contributed by atoms with Crippen molar-refractivity contribution in [2.75, 3.05) is 19.7 Å². The molecule has 0 aliphatic carbocycles. The van der Waals surface area contributed by atoms with Crippen LogP contribution >= 0.6 is 0 Å². The SMILES string of the molecule is CC1COc2cccnc2C(=O)N1C1CCN(S(=O)(=O)c2ccccc2F)CC1. The number of amides is 1. The first kappa shape index (κ1) is 19.8. The summed E-state index contributed by atoms with van der Waals surface area (Å²) in [6.45, 7) is 2.69. The van der Waals surface area contributed by atoms with Gasteiger partial charge in [-0.15, -0.1) is 0 Å². The summed E-state index contributed by atoms with van der Waals surface area (Å²) < 4.78 is 46.7. The molecule has 1 fully saturated rings. The van der Waals surface area contributed by atoms with Gasteiger partial charge in [0.1, 0.15) is 17.3 Å². The van der Waals surface area contributed by atoms with Crippen LogP contribution in [-0.4, -0.2) is 60.3 Å². The van der Waals surface area contributed by atoms with E-state index in [-0.39, 0.29) is 41.7 Å². The summed E-state index contributed by atoms with van der Waals surface area (Å²) in [5.74, 6) is -0.502. The highest BCUT2D eigenvalue weighted by atomic mass is 32.2. The molecule has 0 N–H and O–H groups in total. The zero-order valence-electron chi connectivity index (χ0n) is 16.0. The molecule has 0 saturated carbocycles. The average molecular weight is 419 g/mol. The molecule has 7 nitrogen and oxygen atoms in total. The molecule has 1 amide bonds. The van der Waals surface area contributed by atoms with Crippen molar-refractivity contribution in [2.45, 2.75) is 36.7 Å². The number of piperidine rings is 1. The van der Waals surface area contributed by atoms with Crippen molar-refractivity contribution in [3.05, 3.63) is 54.1 Å². The van der Waals surface area contributed by atoms with Crippen LogP contribution < -0.4 is 4.74 Å². The zero-order chi connectivity index (χ0) is 20.6. The second-order valence-electron chi connectivity index (χ2n) is 7.29. The summed E-state index contributed by atoms with van der Waals surface area (Å²) in [5, 5.41) is 0. The van der Waals surface area contributed by atoms with E-state index < -0.39 is 15.8 Å². The van der Waals surface area contributed by atoms with E-state index in [0.29, 0.717) is 25.2 Å². The number of ether oxygens (including phenoxy) is 1. The Morgan fingerprint density at radius 3 is 2.59 bits per heavy atom. The van der Waals surface area contributed by atoms with Gasteiger partial charge >= 0.3 is 0 Å². The number of hydrogen-bond donors (Lipinski definition) is 0. The van der Waals surface area contributed by atoms with E-state index in [1.165, 1.54) is 22.5 Å². The summed E-state index contributed by atoms with van der Waals surface area (Å²) >= 11 is 0. The Kier molecular flexibility index (Phi) is 5.26. The quantitative estimate of drug-likeness (QED) is 0.763. The van der Waals surface area contributed by atoms with Crippen LogP contribution in [0.5, 0.6) is 5.75 Å². The van der Waals surface area contributed by atoms with E-state index in [4.69, 9.17) is 4.74 Å². The first-order chi connectivity index (χ1) is 13.9. The Morgan fingerprint density at radius 1 is 1.14 bits per heavy atom. The third-order valence-corrected chi connectivity index (χ3v) is 7.37. The maximum absolute atomic E-state index is 14.0. The van der Waals surface area contributed by atoms with Crippen LogP contribution in [0.1, 0.15) is 30.3 Å². The van der Waals surface area contributed by atoms with Gasteiger partial charge in [-0.3, -0.25) is 4.79 Å². The highest BCUT2D eigenvalue weighted by molar-refractivity contribution is 7.89. The number of hydrogen-bond acceptors (Lipinski definition) is 5. The van der Waals surface area contributed by atoms with Gasteiger partial charge in [0.05, 0.1) is 6.04 Å². The summed E-state index contributed by atoms with van der Waals surface area (Å²) in [6, 6.07) is 8.51. The lowest BCUT2D eigenvalue weighted by molar-refractivity contribution is 0.0476. The number of carbonyl (C=O) groups is 1. The van der Waals surface area contributed by atoms with Gasteiger partial charge in [-0.1, -0.05) is 12.1 Å². The monoisotopic (exact) mass is 419 g/mol. The largest absolute Gasteiger partial charge is 0.489 e. The van der Waals surface area contributed by atoms with Crippen molar-refractivity contribution in [2.24, 2.45) is 0 Å². The molecule has 0 bridgehead atoms. The topological polar surface area (TPSA) is 79.8 Å². The Hall–Kier alpha value is -2.52. The standard InChI is InChI=1S/C20H22FN3O4S/c1-14-13-28-17-6-4-10-22-19(17)20(25)24(14)15-8-11-23(12-9-15)29(26,27)18-7-3-2-5-16(18)21/h2-7,10,14-15H,8-9,11-13H2,1H3. The molecule has 9 heteroatoms. The maximum Gasteiger partial charge on any atom is 0.276 e. The van der Waals surface area contributed by atoms with E-state index >= 15 is 0 Å². The van der Waals surface area contributed by atoms with Gasteiger partial charge < -0.3 is 9.64 Å². The van der Waals surface area contributed by atoms with Crippen molar-refractivity contribution in [1.29, 1.82) is 0 Å². The van der Waals surface area contributed by atoms with Crippen molar-refractivity contribution in [1.82, 2.24) is 14.2 Å². The number of aromatic nitrogens is 1. The Balaban J connectivity index is 1.52. The number of carbonyl (C=O) groups excluding carboxylic acids is 1. The number of pyridine rings is 1. The second-order valence-corrected chi connectivity index (χ2v) is 9.19. The molecule has 1 aromatic heterocycles. The highest BCUT2D eigenvalue weighted by Gasteiger charge is 2.38. The molecule has 1 saturated heterocycles. The summed E-state index contributed by atoms with van der Waals surface area (Å²) in [5.41, 5.74) is 0.276. The van der Waals surface area contributed by atoms with Gasteiger partial charge in [-0.2, -0.15) is 4.31 Å². The molecule has 2 aliphatic rings. The normalized spacial score (nSPS) is 21.4. The van der Waals surface area contributed by atoms with Crippen molar-refractivity contribution in [3.63, 3.8) is 0 Å². The van der Waals surface area contributed by atoms with E-state index in [1.807, 2.05) is 6.92 Å². The third kappa shape index (κ3) is 3.60. The molecule has 29 heavy (non-hydrogen) atoms. The second kappa shape index (κ2) is 7.72. The zero-order valence-corrected chi connectivity index (χ0v) is 16.8. The van der Waals surface area contributed by atoms with Crippen molar-refractivity contribution < 1.29 is 22.3 Å².